The molecule has 0 radical (unpaired) electrons. The van der Waals surface area contributed by atoms with Gasteiger partial charge in [-0.25, -0.2) is 0 Å². The highest BCUT2D eigenvalue weighted by atomic mass is 32.2. The average molecular weight is 285 g/mol. The first-order valence-electron chi connectivity index (χ1n) is 8.09. The molecule has 19 heavy (non-hydrogen) atoms. The molecule has 1 aliphatic carbocycles. The number of nitrogens with zero attached hydrogens (tertiary/aromatic N) is 1. The van der Waals surface area contributed by atoms with Crippen LogP contribution in [0, 0.1) is 11.8 Å². The van der Waals surface area contributed by atoms with Gasteiger partial charge in [-0.15, -0.1) is 0 Å². The molecule has 1 aliphatic heterocycles. The second-order valence-corrected chi connectivity index (χ2v) is 7.78. The number of thioether (sulfide) groups is 1. The summed E-state index contributed by atoms with van der Waals surface area (Å²) in [5, 5.41) is 3.86. The Labute approximate surface area is 124 Å². The summed E-state index contributed by atoms with van der Waals surface area (Å²) in [4.78, 5) is 2.83. The molecule has 3 unspecified atom stereocenters. The molecule has 1 saturated carbocycles. The maximum atomic E-state index is 3.86. The molecule has 3 heteroatoms. The zero-order valence-corrected chi connectivity index (χ0v) is 14.1. The van der Waals surface area contributed by atoms with Gasteiger partial charge in [0, 0.05) is 24.7 Å². The SMILES string of the molecule is CCC(C)C1CN(CCCSC)C(C)(C2CC2)CN1. The van der Waals surface area contributed by atoms with Crippen LogP contribution < -0.4 is 5.32 Å². The summed E-state index contributed by atoms with van der Waals surface area (Å²) in [7, 11) is 0. The van der Waals surface area contributed by atoms with Gasteiger partial charge in [-0.2, -0.15) is 11.8 Å². The first-order valence-corrected chi connectivity index (χ1v) is 9.48. The fourth-order valence-corrected chi connectivity index (χ4v) is 3.90. The zero-order chi connectivity index (χ0) is 13.9. The largest absolute Gasteiger partial charge is 0.311 e. The van der Waals surface area contributed by atoms with Gasteiger partial charge in [-0.05, 0) is 56.6 Å². The maximum Gasteiger partial charge on any atom is 0.0334 e. The third kappa shape index (κ3) is 3.68. The summed E-state index contributed by atoms with van der Waals surface area (Å²) in [5.74, 6) is 3.05. The Hall–Kier alpha value is 0.270. The van der Waals surface area contributed by atoms with E-state index >= 15 is 0 Å². The van der Waals surface area contributed by atoms with Gasteiger partial charge in [-0.1, -0.05) is 20.3 Å². The van der Waals surface area contributed by atoms with Crippen LogP contribution in [-0.2, 0) is 0 Å². The third-order valence-electron chi connectivity index (χ3n) is 5.43. The standard InChI is InChI=1S/C16H32N2S/c1-5-13(2)15-11-18(9-6-10-19-4)16(3,12-17-15)14-7-8-14/h13-15,17H,5-12H2,1-4H3. The number of hydrogen-bond donors (Lipinski definition) is 1. The minimum Gasteiger partial charge on any atom is -0.311 e. The Bertz CT molecular complexity index is 280. The van der Waals surface area contributed by atoms with Crippen LogP contribution in [0.3, 0.4) is 0 Å². The van der Waals surface area contributed by atoms with Crippen molar-refractivity contribution in [2.24, 2.45) is 11.8 Å². The van der Waals surface area contributed by atoms with Crippen molar-refractivity contribution in [2.75, 3.05) is 31.6 Å². The molecule has 3 atom stereocenters. The molecule has 0 bridgehead atoms. The van der Waals surface area contributed by atoms with Crippen molar-refractivity contribution in [1.82, 2.24) is 10.2 Å². The van der Waals surface area contributed by atoms with Crippen molar-refractivity contribution in [3.8, 4) is 0 Å². The molecule has 1 saturated heterocycles. The van der Waals surface area contributed by atoms with Gasteiger partial charge in [0.05, 0.1) is 0 Å². The molecule has 2 fully saturated rings. The number of piperazine rings is 1. The highest BCUT2D eigenvalue weighted by Gasteiger charge is 2.48. The monoisotopic (exact) mass is 284 g/mol. The Morgan fingerprint density at radius 2 is 2.16 bits per heavy atom. The maximum absolute atomic E-state index is 3.86. The Morgan fingerprint density at radius 3 is 2.74 bits per heavy atom. The van der Waals surface area contributed by atoms with Gasteiger partial charge < -0.3 is 5.32 Å². The van der Waals surface area contributed by atoms with E-state index in [0.717, 1.165) is 11.8 Å². The zero-order valence-electron chi connectivity index (χ0n) is 13.2. The fourth-order valence-electron chi connectivity index (χ4n) is 3.48. The smallest absolute Gasteiger partial charge is 0.0334 e. The molecular formula is C16H32N2S. The van der Waals surface area contributed by atoms with Crippen molar-refractivity contribution in [2.45, 2.75) is 58.0 Å². The van der Waals surface area contributed by atoms with Crippen LogP contribution in [0.1, 0.15) is 46.5 Å². The molecule has 0 aromatic carbocycles. The van der Waals surface area contributed by atoms with Crippen LogP contribution in [0.5, 0.6) is 0 Å². The number of nitrogens with one attached hydrogen (secondary N) is 1. The fraction of sp³-hybridized carbons (Fsp3) is 1.00. The minimum atomic E-state index is 0.433. The summed E-state index contributed by atoms with van der Waals surface area (Å²) in [5.41, 5.74) is 0.433. The molecule has 2 nitrogen and oxygen atoms in total. The highest BCUT2D eigenvalue weighted by Crippen LogP contribution is 2.44. The lowest BCUT2D eigenvalue weighted by atomic mass is 9.86. The molecule has 0 aromatic heterocycles. The molecule has 0 spiro atoms. The summed E-state index contributed by atoms with van der Waals surface area (Å²) >= 11 is 1.98. The van der Waals surface area contributed by atoms with Gasteiger partial charge in [-0.3, -0.25) is 4.90 Å². The molecule has 1 heterocycles. The summed E-state index contributed by atoms with van der Waals surface area (Å²) in [6, 6.07) is 0.700. The van der Waals surface area contributed by atoms with E-state index in [0.29, 0.717) is 11.6 Å². The third-order valence-corrected chi connectivity index (χ3v) is 6.12. The van der Waals surface area contributed by atoms with E-state index in [1.54, 1.807) is 0 Å². The van der Waals surface area contributed by atoms with E-state index in [9.17, 15) is 0 Å². The second kappa shape index (κ2) is 6.82. The van der Waals surface area contributed by atoms with Crippen LogP contribution in [0.2, 0.25) is 0 Å². The van der Waals surface area contributed by atoms with Gasteiger partial charge >= 0.3 is 0 Å². The first-order chi connectivity index (χ1) is 9.11. The Morgan fingerprint density at radius 1 is 1.42 bits per heavy atom. The van der Waals surface area contributed by atoms with E-state index in [1.165, 1.54) is 51.1 Å². The highest BCUT2D eigenvalue weighted by molar-refractivity contribution is 7.98. The Kier molecular flexibility index (Phi) is 5.62. The second-order valence-electron chi connectivity index (χ2n) is 6.80. The van der Waals surface area contributed by atoms with E-state index in [4.69, 9.17) is 0 Å². The van der Waals surface area contributed by atoms with Gasteiger partial charge in [0.25, 0.3) is 0 Å². The summed E-state index contributed by atoms with van der Waals surface area (Å²) < 4.78 is 0. The molecule has 112 valence electrons. The Balaban J connectivity index is 1.96. The van der Waals surface area contributed by atoms with Crippen molar-refractivity contribution in [1.29, 1.82) is 0 Å². The predicted octanol–water partition coefficient (Wildman–Crippen LogP) is 3.23. The summed E-state index contributed by atoms with van der Waals surface area (Å²) in [6.07, 6.45) is 7.75. The molecule has 1 N–H and O–H groups in total. The lowest BCUT2D eigenvalue weighted by molar-refractivity contribution is 0.0238. The van der Waals surface area contributed by atoms with Crippen LogP contribution >= 0.6 is 11.8 Å². The number of hydrogen-bond acceptors (Lipinski definition) is 3. The van der Waals surface area contributed by atoms with E-state index in [-0.39, 0.29) is 0 Å². The van der Waals surface area contributed by atoms with Crippen LogP contribution in [0.15, 0.2) is 0 Å². The van der Waals surface area contributed by atoms with Gasteiger partial charge in [0.2, 0.25) is 0 Å². The van der Waals surface area contributed by atoms with Crippen molar-refractivity contribution < 1.29 is 0 Å². The van der Waals surface area contributed by atoms with Crippen molar-refractivity contribution >= 4 is 11.8 Å². The first kappa shape index (κ1) is 15.7. The summed E-state index contributed by atoms with van der Waals surface area (Å²) in [6.45, 7) is 11.0. The van der Waals surface area contributed by atoms with Crippen LogP contribution in [0.25, 0.3) is 0 Å². The molecule has 0 aromatic rings. The predicted molar refractivity (Wildman–Crippen MR) is 86.9 cm³/mol. The minimum absolute atomic E-state index is 0.433. The van der Waals surface area contributed by atoms with E-state index in [2.05, 4.69) is 37.2 Å². The van der Waals surface area contributed by atoms with Crippen LogP contribution in [-0.4, -0.2) is 48.1 Å². The van der Waals surface area contributed by atoms with Gasteiger partial charge in [0.1, 0.15) is 0 Å². The quantitative estimate of drug-likeness (QED) is 0.723. The molecule has 2 aliphatic rings. The molecular weight excluding hydrogens is 252 g/mol. The van der Waals surface area contributed by atoms with Crippen molar-refractivity contribution in [3.05, 3.63) is 0 Å². The van der Waals surface area contributed by atoms with Gasteiger partial charge in [0.15, 0.2) is 0 Å². The average Bonchev–Trinajstić information content (AvgIpc) is 3.25. The van der Waals surface area contributed by atoms with Crippen molar-refractivity contribution in [3.63, 3.8) is 0 Å². The normalized spacial score (nSPS) is 34.4. The van der Waals surface area contributed by atoms with E-state index < -0.39 is 0 Å². The lowest BCUT2D eigenvalue weighted by Crippen LogP contribution is -2.65. The van der Waals surface area contributed by atoms with E-state index in [1.807, 2.05) is 11.8 Å². The number of rotatable bonds is 7. The molecule has 2 rings (SSSR count). The lowest BCUT2D eigenvalue weighted by Gasteiger charge is -2.50. The van der Waals surface area contributed by atoms with Crippen LogP contribution in [0.4, 0.5) is 0 Å². The molecule has 0 amide bonds. The topological polar surface area (TPSA) is 15.3 Å².